The molecule has 0 spiro atoms. The topological polar surface area (TPSA) is 65.0 Å². The van der Waals surface area contributed by atoms with Crippen LogP contribution in [0.2, 0.25) is 0 Å². The number of hydrogen-bond donors (Lipinski definition) is 0. The second-order valence-electron chi connectivity index (χ2n) is 10.3. The quantitative estimate of drug-likeness (QED) is 0.383. The Bertz CT molecular complexity index is 688. The highest BCUT2D eigenvalue weighted by atomic mass is 16.7. The minimum absolute atomic E-state index is 0.0920. The maximum atomic E-state index is 11.4. The molecule has 0 unspecified atom stereocenters. The van der Waals surface area contributed by atoms with E-state index in [1.807, 2.05) is 0 Å². The lowest BCUT2D eigenvalue weighted by Gasteiger charge is -2.60. The number of esters is 1. The van der Waals surface area contributed by atoms with Gasteiger partial charge in [0.15, 0.2) is 0 Å². The van der Waals surface area contributed by atoms with Crippen molar-refractivity contribution in [2.75, 3.05) is 0 Å². The van der Waals surface area contributed by atoms with E-state index in [9.17, 15) is 9.59 Å². The van der Waals surface area contributed by atoms with E-state index in [2.05, 4.69) is 19.0 Å². The third-order valence-electron chi connectivity index (χ3n) is 8.98. The van der Waals surface area contributed by atoms with Gasteiger partial charge >= 0.3 is 11.9 Å². The number of nitrogens with zero attached hydrogens (tertiary/aromatic N) is 1. The van der Waals surface area contributed by atoms with E-state index in [-0.39, 0.29) is 23.5 Å². The highest BCUT2D eigenvalue weighted by Crippen LogP contribution is 2.65. The second kappa shape index (κ2) is 7.14. The lowest BCUT2D eigenvalue weighted by atomic mass is 9.45. The number of carbonyl (C=O) groups is 2. The van der Waals surface area contributed by atoms with Crippen LogP contribution in [-0.4, -0.2) is 23.8 Å². The van der Waals surface area contributed by atoms with Gasteiger partial charge in [0.25, 0.3) is 0 Å². The fourth-order valence-corrected chi connectivity index (χ4v) is 7.62. The molecule has 4 aliphatic rings. The lowest BCUT2D eigenvalue weighted by molar-refractivity contribution is -0.158. The molecular formula is C23H35NO4. The van der Waals surface area contributed by atoms with Crippen LogP contribution < -0.4 is 0 Å². The van der Waals surface area contributed by atoms with Crippen LogP contribution in [0.4, 0.5) is 0 Å². The molecule has 0 aromatic carbocycles. The number of hydrogen-bond acceptors (Lipinski definition) is 5. The summed E-state index contributed by atoms with van der Waals surface area (Å²) >= 11 is 0. The van der Waals surface area contributed by atoms with E-state index in [0.29, 0.717) is 17.3 Å². The van der Waals surface area contributed by atoms with E-state index >= 15 is 0 Å². The molecule has 0 N–H and O–H groups in total. The zero-order valence-corrected chi connectivity index (χ0v) is 17.8. The van der Waals surface area contributed by atoms with Gasteiger partial charge in [0.1, 0.15) is 6.10 Å². The number of fused-ring (bicyclic) bond motifs is 5. The Morgan fingerprint density at radius 2 is 1.75 bits per heavy atom. The lowest BCUT2D eigenvalue weighted by Crippen LogP contribution is -2.54. The monoisotopic (exact) mass is 389 g/mol. The summed E-state index contributed by atoms with van der Waals surface area (Å²) in [5, 5.41) is 4.27. The third-order valence-corrected chi connectivity index (χ3v) is 8.98. The van der Waals surface area contributed by atoms with Gasteiger partial charge in [-0.05, 0) is 86.9 Å². The first-order valence-electron chi connectivity index (χ1n) is 11.2. The zero-order valence-electron chi connectivity index (χ0n) is 17.8. The molecule has 0 radical (unpaired) electrons. The molecule has 0 bridgehead atoms. The number of rotatable bonds is 2. The van der Waals surface area contributed by atoms with E-state index in [4.69, 9.17) is 9.57 Å². The van der Waals surface area contributed by atoms with Crippen molar-refractivity contribution in [1.29, 1.82) is 0 Å². The molecule has 7 atom stereocenters. The fraction of sp³-hybridized carbons (Fsp3) is 0.870. The number of oxime groups is 1. The molecule has 0 heterocycles. The minimum atomic E-state index is -0.328. The van der Waals surface area contributed by atoms with Gasteiger partial charge in [-0.25, -0.2) is 4.79 Å². The van der Waals surface area contributed by atoms with Crippen LogP contribution in [0, 0.1) is 34.5 Å². The van der Waals surface area contributed by atoms with Crippen molar-refractivity contribution in [2.24, 2.45) is 39.7 Å². The van der Waals surface area contributed by atoms with Gasteiger partial charge in [0.05, 0.1) is 5.71 Å². The molecular weight excluding hydrogens is 354 g/mol. The summed E-state index contributed by atoms with van der Waals surface area (Å²) in [7, 11) is 0. The van der Waals surface area contributed by atoms with E-state index in [0.717, 1.165) is 43.2 Å². The second-order valence-corrected chi connectivity index (χ2v) is 10.3. The van der Waals surface area contributed by atoms with Crippen LogP contribution in [0.3, 0.4) is 0 Å². The van der Waals surface area contributed by atoms with E-state index in [1.54, 1.807) is 0 Å². The Balaban J connectivity index is 1.52. The summed E-state index contributed by atoms with van der Waals surface area (Å²) in [6.45, 7) is 7.82. The van der Waals surface area contributed by atoms with Crippen molar-refractivity contribution in [2.45, 2.75) is 91.6 Å². The third kappa shape index (κ3) is 3.19. The summed E-state index contributed by atoms with van der Waals surface area (Å²) in [6, 6.07) is 0. The summed E-state index contributed by atoms with van der Waals surface area (Å²) in [4.78, 5) is 27.7. The van der Waals surface area contributed by atoms with Crippen LogP contribution in [0.1, 0.15) is 85.5 Å². The fourth-order valence-electron chi connectivity index (χ4n) is 7.62. The molecule has 5 heteroatoms. The molecule has 4 fully saturated rings. The van der Waals surface area contributed by atoms with Gasteiger partial charge in [-0.1, -0.05) is 19.0 Å². The maximum Gasteiger partial charge on any atom is 0.331 e. The summed E-state index contributed by atoms with van der Waals surface area (Å²) < 4.78 is 5.57. The van der Waals surface area contributed by atoms with Gasteiger partial charge in [0.2, 0.25) is 0 Å². The first kappa shape index (κ1) is 19.9. The van der Waals surface area contributed by atoms with Crippen LogP contribution >= 0.6 is 0 Å². The molecule has 28 heavy (non-hydrogen) atoms. The van der Waals surface area contributed by atoms with Crippen molar-refractivity contribution in [3.63, 3.8) is 0 Å². The predicted molar refractivity (Wildman–Crippen MR) is 106 cm³/mol. The normalized spacial score (nSPS) is 46.3. The molecule has 4 rings (SSSR count). The van der Waals surface area contributed by atoms with Gasteiger partial charge in [0, 0.05) is 19.3 Å². The van der Waals surface area contributed by atoms with Crippen LogP contribution in [0.15, 0.2) is 5.16 Å². The smallest absolute Gasteiger partial charge is 0.331 e. The van der Waals surface area contributed by atoms with Crippen molar-refractivity contribution >= 4 is 17.7 Å². The largest absolute Gasteiger partial charge is 0.463 e. The average molecular weight is 390 g/mol. The molecule has 0 saturated heterocycles. The Hall–Kier alpha value is -1.39. The molecule has 0 aliphatic heterocycles. The molecule has 0 aromatic rings. The van der Waals surface area contributed by atoms with E-state index in [1.165, 1.54) is 46.0 Å². The Labute approximate surface area is 168 Å². The Kier molecular flexibility index (Phi) is 5.08. The summed E-state index contributed by atoms with van der Waals surface area (Å²) in [5.41, 5.74) is 1.57. The van der Waals surface area contributed by atoms with Gasteiger partial charge < -0.3 is 9.57 Å². The SMILES string of the molecule is CC(=O)O/N=C1\CC[C@H]2[C@@H]3CC[C@H]4C[C@H](OC(C)=O)CC[C@]4(C)[C@H]3CC[C@]12C. The summed E-state index contributed by atoms with van der Waals surface area (Å²) in [6.07, 6.45) is 10.4. The van der Waals surface area contributed by atoms with Crippen molar-refractivity contribution in [1.82, 2.24) is 0 Å². The highest BCUT2D eigenvalue weighted by molar-refractivity contribution is 5.92. The van der Waals surface area contributed by atoms with Crippen molar-refractivity contribution in [3.05, 3.63) is 0 Å². The van der Waals surface area contributed by atoms with Gasteiger partial charge in [-0.15, -0.1) is 0 Å². The molecule has 4 aliphatic carbocycles. The first-order chi connectivity index (χ1) is 13.2. The Morgan fingerprint density at radius 3 is 2.46 bits per heavy atom. The first-order valence-corrected chi connectivity index (χ1v) is 11.2. The van der Waals surface area contributed by atoms with Crippen LogP contribution in [0.25, 0.3) is 0 Å². The average Bonchev–Trinajstić information content (AvgIpc) is 2.96. The molecule has 156 valence electrons. The maximum absolute atomic E-state index is 11.4. The van der Waals surface area contributed by atoms with Crippen LogP contribution in [0.5, 0.6) is 0 Å². The minimum Gasteiger partial charge on any atom is -0.463 e. The van der Waals surface area contributed by atoms with Crippen LogP contribution in [-0.2, 0) is 19.2 Å². The molecule has 5 nitrogen and oxygen atoms in total. The van der Waals surface area contributed by atoms with Crippen molar-refractivity contribution < 1.29 is 19.2 Å². The number of carbonyl (C=O) groups excluding carboxylic acids is 2. The van der Waals surface area contributed by atoms with E-state index < -0.39 is 0 Å². The van der Waals surface area contributed by atoms with Crippen molar-refractivity contribution in [3.8, 4) is 0 Å². The van der Waals surface area contributed by atoms with Gasteiger partial charge in [-0.2, -0.15) is 0 Å². The highest BCUT2D eigenvalue weighted by Gasteiger charge is 2.59. The van der Waals surface area contributed by atoms with Gasteiger partial charge in [-0.3, -0.25) is 4.79 Å². The summed E-state index contributed by atoms with van der Waals surface area (Å²) in [5.74, 6) is 2.37. The standard InChI is InChI=1S/C23H35NO4/c1-14(25)27-17-9-11-22(3)16(13-17)5-6-18-19-7-8-21(24-28-15(2)26)23(19,4)12-10-20(18)22/h16-20H,5-13H2,1-4H3/b24-21+/t16-,17+,18-,19-,20-,22-,23-/m0/s1. The molecule has 0 aromatic heterocycles. The Morgan fingerprint density at radius 1 is 0.964 bits per heavy atom. The molecule has 0 amide bonds. The predicted octanol–water partition coefficient (Wildman–Crippen LogP) is 4.88. The molecule has 4 saturated carbocycles. The zero-order chi connectivity index (χ0) is 20.1. The number of ether oxygens (including phenoxy) is 1.